The molecule has 0 bridgehead atoms. The summed E-state index contributed by atoms with van der Waals surface area (Å²) in [4.78, 5) is 12.2. The molecule has 0 radical (unpaired) electrons. The monoisotopic (exact) mass is 302 g/mol. The summed E-state index contributed by atoms with van der Waals surface area (Å²) in [5, 5.41) is 0. The van der Waals surface area contributed by atoms with Crippen LogP contribution in [-0.4, -0.2) is 13.1 Å². The van der Waals surface area contributed by atoms with Gasteiger partial charge >= 0.3 is 5.97 Å². The van der Waals surface area contributed by atoms with Gasteiger partial charge in [0, 0.05) is 0 Å². The van der Waals surface area contributed by atoms with Crippen molar-refractivity contribution in [3.05, 3.63) is 23.3 Å². The number of methoxy groups -OCH3 is 1. The molecule has 3 aliphatic carbocycles. The van der Waals surface area contributed by atoms with Crippen LogP contribution >= 0.6 is 0 Å². The van der Waals surface area contributed by atoms with E-state index in [1.165, 1.54) is 24.8 Å². The lowest BCUT2D eigenvalue weighted by atomic mass is 9.50. The number of carbonyl (C=O) groups is 1. The molecule has 0 spiro atoms. The lowest BCUT2D eigenvalue weighted by Gasteiger charge is -2.54. The summed E-state index contributed by atoms with van der Waals surface area (Å²) < 4.78 is 5.10. The third-order valence-electron chi connectivity index (χ3n) is 6.66. The first kappa shape index (κ1) is 15.8. The first-order valence-corrected chi connectivity index (χ1v) is 8.95. The Hall–Kier alpha value is -1.05. The molecule has 0 aromatic carbocycles. The molecule has 0 aromatic heterocycles. The van der Waals surface area contributed by atoms with Gasteiger partial charge in [0.1, 0.15) is 0 Å². The largest absolute Gasteiger partial charge is 0.469 e. The van der Waals surface area contributed by atoms with E-state index in [1.54, 1.807) is 12.7 Å². The number of hydrogen-bond acceptors (Lipinski definition) is 2. The van der Waals surface area contributed by atoms with E-state index in [-0.39, 0.29) is 17.3 Å². The molecule has 2 saturated carbocycles. The highest BCUT2D eigenvalue weighted by atomic mass is 16.5. The summed E-state index contributed by atoms with van der Waals surface area (Å²) in [5.41, 5.74) is 3.43. The first-order chi connectivity index (χ1) is 10.5. The Morgan fingerprint density at radius 3 is 2.82 bits per heavy atom. The number of fused-ring (bicyclic) bond motifs is 3. The minimum absolute atomic E-state index is 0.0255. The van der Waals surface area contributed by atoms with Crippen LogP contribution < -0.4 is 0 Å². The average molecular weight is 302 g/mol. The normalized spacial score (nSPS) is 37.8. The van der Waals surface area contributed by atoms with E-state index in [9.17, 15) is 4.79 Å². The van der Waals surface area contributed by atoms with Gasteiger partial charge in [-0.2, -0.15) is 0 Å². The number of ether oxygens (including phenoxy) is 1. The number of allylic oxidation sites excluding steroid dienone is 4. The summed E-state index contributed by atoms with van der Waals surface area (Å²) in [6.45, 7) is 7.01. The second kappa shape index (κ2) is 5.86. The van der Waals surface area contributed by atoms with Crippen LogP contribution in [0.4, 0.5) is 0 Å². The number of esters is 1. The Morgan fingerprint density at radius 1 is 1.36 bits per heavy atom. The minimum atomic E-state index is 0.0255. The molecule has 0 aromatic rings. The fraction of sp³-hybridized carbons (Fsp3) is 0.750. The van der Waals surface area contributed by atoms with Crippen LogP contribution in [0.3, 0.4) is 0 Å². The van der Waals surface area contributed by atoms with Crippen LogP contribution in [0.25, 0.3) is 0 Å². The van der Waals surface area contributed by atoms with Crippen molar-refractivity contribution in [1.29, 1.82) is 0 Å². The third kappa shape index (κ3) is 2.45. The summed E-state index contributed by atoms with van der Waals surface area (Å²) >= 11 is 0. The fourth-order valence-corrected chi connectivity index (χ4v) is 5.39. The van der Waals surface area contributed by atoms with Gasteiger partial charge in [-0.05, 0) is 60.8 Å². The predicted octanol–water partition coefficient (Wildman–Crippen LogP) is 4.90. The second-order valence-electron chi connectivity index (χ2n) is 8.04. The summed E-state index contributed by atoms with van der Waals surface area (Å²) in [7, 11) is 1.54. The van der Waals surface area contributed by atoms with Gasteiger partial charge in [0.15, 0.2) is 0 Å². The molecule has 0 unspecified atom stereocenters. The van der Waals surface area contributed by atoms with Crippen LogP contribution in [0.2, 0.25) is 0 Å². The van der Waals surface area contributed by atoms with Crippen LogP contribution in [0, 0.1) is 29.1 Å². The number of carbonyl (C=O) groups excluding carboxylic acids is 1. The Balaban J connectivity index is 1.88. The highest BCUT2D eigenvalue weighted by Gasteiger charge is 2.52. The van der Waals surface area contributed by atoms with Crippen molar-refractivity contribution in [3.63, 3.8) is 0 Å². The lowest BCUT2D eigenvalue weighted by Crippen LogP contribution is -2.48. The Morgan fingerprint density at radius 2 is 2.14 bits per heavy atom. The van der Waals surface area contributed by atoms with Crippen LogP contribution in [0.5, 0.6) is 0 Å². The molecule has 0 saturated heterocycles. The van der Waals surface area contributed by atoms with Gasteiger partial charge in [-0.3, -0.25) is 4.79 Å². The highest BCUT2D eigenvalue weighted by molar-refractivity contribution is 5.73. The number of rotatable bonds is 2. The molecule has 0 amide bonds. The van der Waals surface area contributed by atoms with E-state index < -0.39 is 0 Å². The van der Waals surface area contributed by atoms with Gasteiger partial charge < -0.3 is 4.74 Å². The third-order valence-corrected chi connectivity index (χ3v) is 6.66. The maximum Gasteiger partial charge on any atom is 0.308 e. The predicted molar refractivity (Wildman–Crippen MR) is 89.3 cm³/mol. The van der Waals surface area contributed by atoms with Gasteiger partial charge in [-0.1, -0.05) is 44.9 Å². The zero-order chi connectivity index (χ0) is 15.9. The molecule has 3 rings (SSSR count). The molecule has 2 fully saturated rings. The molecule has 2 heteroatoms. The average Bonchev–Trinajstić information content (AvgIpc) is 2.52. The minimum Gasteiger partial charge on any atom is -0.469 e. The van der Waals surface area contributed by atoms with E-state index in [4.69, 9.17) is 4.74 Å². The van der Waals surface area contributed by atoms with Crippen LogP contribution in [0.1, 0.15) is 59.3 Å². The van der Waals surface area contributed by atoms with Crippen molar-refractivity contribution in [2.45, 2.75) is 59.3 Å². The van der Waals surface area contributed by atoms with Crippen molar-refractivity contribution >= 4 is 5.97 Å². The summed E-state index contributed by atoms with van der Waals surface area (Å²) in [6, 6.07) is 0. The quantitative estimate of drug-likeness (QED) is 0.678. The summed E-state index contributed by atoms with van der Waals surface area (Å²) in [6.07, 6.45) is 11.9. The highest BCUT2D eigenvalue weighted by Crippen LogP contribution is 2.59. The van der Waals surface area contributed by atoms with Crippen molar-refractivity contribution in [2.24, 2.45) is 29.1 Å². The van der Waals surface area contributed by atoms with E-state index in [1.807, 2.05) is 0 Å². The smallest absolute Gasteiger partial charge is 0.308 e. The van der Waals surface area contributed by atoms with E-state index in [0.29, 0.717) is 17.8 Å². The topological polar surface area (TPSA) is 26.3 Å². The van der Waals surface area contributed by atoms with Gasteiger partial charge in [-0.15, -0.1) is 0 Å². The van der Waals surface area contributed by atoms with Crippen LogP contribution in [-0.2, 0) is 9.53 Å². The molecule has 0 N–H and O–H groups in total. The van der Waals surface area contributed by atoms with E-state index >= 15 is 0 Å². The van der Waals surface area contributed by atoms with Gasteiger partial charge in [0.25, 0.3) is 0 Å². The molecular formula is C20H30O2. The molecule has 22 heavy (non-hydrogen) atoms. The lowest BCUT2D eigenvalue weighted by molar-refractivity contribution is -0.154. The van der Waals surface area contributed by atoms with Crippen molar-refractivity contribution in [2.75, 3.05) is 7.11 Å². The second-order valence-corrected chi connectivity index (χ2v) is 8.04. The zero-order valence-corrected chi connectivity index (χ0v) is 14.5. The Kier molecular flexibility index (Phi) is 4.22. The molecule has 122 valence electrons. The maximum absolute atomic E-state index is 12.2. The molecule has 0 aliphatic heterocycles. The van der Waals surface area contributed by atoms with Crippen molar-refractivity contribution in [1.82, 2.24) is 0 Å². The zero-order valence-electron chi connectivity index (χ0n) is 14.5. The molecule has 4 atom stereocenters. The van der Waals surface area contributed by atoms with E-state index in [0.717, 1.165) is 19.3 Å². The molecule has 3 aliphatic rings. The van der Waals surface area contributed by atoms with Gasteiger partial charge in [-0.25, -0.2) is 0 Å². The van der Waals surface area contributed by atoms with Gasteiger partial charge in [0.2, 0.25) is 0 Å². The first-order valence-electron chi connectivity index (χ1n) is 8.95. The standard InChI is InChI=1S/C20H30O2/c1-13(2)14-7-9-17-15(12-14)8-10-18-16(19(21)22-4)6-5-11-20(17,18)3/h7,12-13,16-18H,5-6,8-11H2,1-4H3/t16-,17-,18-,20-/m1/s1. The van der Waals surface area contributed by atoms with Crippen LogP contribution in [0.15, 0.2) is 23.3 Å². The maximum atomic E-state index is 12.2. The fourth-order valence-electron chi connectivity index (χ4n) is 5.39. The SMILES string of the molecule is COC(=O)[C@@H]1CCC[C@]2(C)[C@@H]3CC=C(C(C)C)C=C3CC[C@H]12. The van der Waals surface area contributed by atoms with Crippen molar-refractivity contribution < 1.29 is 9.53 Å². The Labute approximate surface area is 135 Å². The molecule has 0 heterocycles. The molecule has 2 nitrogen and oxygen atoms in total. The summed E-state index contributed by atoms with van der Waals surface area (Å²) in [5.74, 6) is 1.91. The Bertz CT molecular complexity index is 514. The molecular weight excluding hydrogens is 272 g/mol. The van der Waals surface area contributed by atoms with Crippen molar-refractivity contribution in [3.8, 4) is 0 Å². The van der Waals surface area contributed by atoms with Gasteiger partial charge in [0.05, 0.1) is 13.0 Å². The van der Waals surface area contributed by atoms with E-state index in [2.05, 4.69) is 32.9 Å². The number of hydrogen-bond donors (Lipinski definition) is 0.